The lowest BCUT2D eigenvalue weighted by Gasteiger charge is -2.10. The minimum Gasteiger partial charge on any atom is -0.483 e. The Kier molecular flexibility index (Phi) is 6.54. The summed E-state index contributed by atoms with van der Waals surface area (Å²) < 4.78 is 5.68. The lowest BCUT2D eigenvalue weighted by atomic mass is 10.1. The molecule has 4 heteroatoms. The van der Waals surface area contributed by atoms with Crippen LogP contribution in [0.1, 0.15) is 5.56 Å². The first kappa shape index (κ1) is 18.1. The van der Waals surface area contributed by atoms with Crippen molar-refractivity contribution in [2.75, 3.05) is 6.61 Å². The Morgan fingerprint density at radius 2 is 1.56 bits per heavy atom. The van der Waals surface area contributed by atoms with Crippen molar-refractivity contribution in [3.8, 4) is 16.9 Å². The molecular formula is C23H20N2O2. The number of hydrazone groups is 1. The minimum atomic E-state index is -0.317. The highest BCUT2D eigenvalue weighted by atomic mass is 16.5. The van der Waals surface area contributed by atoms with Gasteiger partial charge in [0.25, 0.3) is 5.91 Å². The number of carbonyl (C=O) groups is 1. The topological polar surface area (TPSA) is 50.7 Å². The first-order valence-corrected chi connectivity index (χ1v) is 8.64. The number of allylic oxidation sites excluding steroid dienone is 1. The van der Waals surface area contributed by atoms with Gasteiger partial charge < -0.3 is 4.74 Å². The molecule has 0 bridgehead atoms. The molecule has 1 N–H and O–H groups in total. The normalized spacial score (nSPS) is 11.0. The van der Waals surface area contributed by atoms with Crippen LogP contribution in [-0.4, -0.2) is 18.7 Å². The van der Waals surface area contributed by atoms with Gasteiger partial charge in [-0.2, -0.15) is 5.10 Å². The van der Waals surface area contributed by atoms with E-state index in [0.717, 1.165) is 16.7 Å². The van der Waals surface area contributed by atoms with Crippen molar-refractivity contribution in [2.45, 2.75) is 0 Å². The van der Waals surface area contributed by atoms with E-state index < -0.39 is 0 Å². The van der Waals surface area contributed by atoms with Gasteiger partial charge in [0.1, 0.15) is 5.75 Å². The number of hydrogen-bond acceptors (Lipinski definition) is 3. The Morgan fingerprint density at radius 1 is 0.889 bits per heavy atom. The van der Waals surface area contributed by atoms with Gasteiger partial charge in [-0.05, 0) is 23.3 Å². The van der Waals surface area contributed by atoms with Gasteiger partial charge in [0.2, 0.25) is 0 Å². The molecule has 0 aliphatic heterocycles. The summed E-state index contributed by atoms with van der Waals surface area (Å²) in [5.41, 5.74) is 5.50. The highest BCUT2D eigenvalue weighted by Crippen LogP contribution is 2.29. The maximum atomic E-state index is 11.9. The first-order chi connectivity index (χ1) is 13.3. The number of rotatable bonds is 7. The number of para-hydroxylation sites is 1. The molecule has 0 aromatic heterocycles. The third kappa shape index (κ3) is 5.68. The summed E-state index contributed by atoms with van der Waals surface area (Å²) >= 11 is 0. The second-order valence-corrected chi connectivity index (χ2v) is 5.73. The number of amides is 1. The molecule has 1 amide bonds. The molecule has 0 unspecified atom stereocenters. The van der Waals surface area contributed by atoms with Crippen molar-refractivity contribution >= 4 is 18.2 Å². The number of nitrogens with one attached hydrogen (secondary N) is 1. The second kappa shape index (κ2) is 9.73. The highest BCUT2D eigenvalue weighted by molar-refractivity contribution is 5.82. The van der Waals surface area contributed by atoms with Gasteiger partial charge in [-0.15, -0.1) is 0 Å². The second-order valence-electron chi connectivity index (χ2n) is 5.73. The third-order valence-corrected chi connectivity index (χ3v) is 3.77. The number of benzene rings is 3. The van der Waals surface area contributed by atoms with E-state index in [1.807, 2.05) is 91.0 Å². The average Bonchev–Trinajstić information content (AvgIpc) is 2.73. The van der Waals surface area contributed by atoms with Crippen LogP contribution in [0, 0.1) is 0 Å². The van der Waals surface area contributed by atoms with Crippen LogP contribution in [0.2, 0.25) is 0 Å². The smallest absolute Gasteiger partial charge is 0.277 e. The summed E-state index contributed by atoms with van der Waals surface area (Å²) in [6.07, 6.45) is 5.20. The van der Waals surface area contributed by atoms with Crippen molar-refractivity contribution in [3.63, 3.8) is 0 Å². The monoisotopic (exact) mass is 356 g/mol. The van der Waals surface area contributed by atoms with Crippen molar-refractivity contribution in [1.82, 2.24) is 5.43 Å². The van der Waals surface area contributed by atoms with E-state index >= 15 is 0 Å². The Bertz CT molecular complexity index is 919. The van der Waals surface area contributed by atoms with Crippen molar-refractivity contribution < 1.29 is 9.53 Å². The van der Waals surface area contributed by atoms with E-state index in [1.165, 1.54) is 6.21 Å². The van der Waals surface area contributed by atoms with Gasteiger partial charge in [-0.1, -0.05) is 84.9 Å². The molecule has 3 rings (SSSR count). The Labute approximate surface area is 158 Å². The summed E-state index contributed by atoms with van der Waals surface area (Å²) in [6.45, 7) is -0.108. The average molecular weight is 356 g/mol. The van der Waals surface area contributed by atoms with Gasteiger partial charge >= 0.3 is 0 Å². The van der Waals surface area contributed by atoms with Gasteiger partial charge in [-0.3, -0.25) is 4.79 Å². The molecule has 0 saturated heterocycles. The van der Waals surface area contributed by atoms with Crippen LogP contribution in [0.5, 0.6) is 5.75 Å². The van der Waals surface area contributed by atoms with Crippen molar-refractivity contribution in [1.29, 1.82) is 0 Å². The molecule has 0 aliphatic carbocycles. The first-order valence-electron chi connectivity index (χ1n) is 8.64. The summed E-state index contributed by atoms with van der Waals surface area (Å²) in [5, 5.41) is 3.89. The van der Waals surface area contributed by atoms with E-state index in [4.69, 9.17) is 4.74 Å². The zero-order valence-corrected chi connectivity index (χ0v) is 14.8. The zero-order chi connectivity index (χ0) is 18.7. The van der Waals surface area contributed by atoms with Crippen LogP contribution in [0.4, 0.5) is 0 Å². The SMILES string of the molecule is O=C(COc1ccccc1-c1ccccc1)N/N=C/C=C/c1ccccc1. The van der Waals surface area contributed by atoms with E-state index in [9.17, 15) is 4.79 Å². The predicted molar refractivity (Wildman–Crippen MR) is 109 cm³/mol. The Hall–Kier alpha value is -3.66. The number of hydrogen-bond donors (Lipinski definition) is 1. The fourth-order valence-corrected chi connectivity index (χ4v) is 2.49. The molecule has 0 atom stereocenters. The number of ether oxygens (including phenoxy) is 1. The summed E-state index contributed by atoms with van der Waals surface area (Å²) in [6, 6.07) is 27.4. The van der Waals surface area contributed by atoms with Crippen LogP contribution in [-0.2, 0) is 4.79 Å². The molecule has 0 heterocycles. The van der Waals surface area contributed by atoms with Crippen LogP contribution < -0.4 is 10.2 Å². The standard InChI is InChI=1S/C23H20N2O2/c26-23(25-24-17-9-12-19-10-3-1-4-11-19)18-27-22-16-8-7-15-21(22)20-13-5-2-6-14-20/h1-17H,18H2,(H,25,26)/b12-9+,24-17+. The molecule has 0 saturated carbocycles. The highest BCUT2D eigenvalue weighted by Gasteiger charge is 2.07. The molecule has 0 spiro atoms. The quantitative estimate of drug-likeness (QED) is 0.499. The molecule has 27 heavy (non-hydrogen) atoms. The maximum Gasteiger partial charge on any atom is 0.277 e. The zero-order valence-electron chi connectivity index (χ0n) is 14.8. The Balaban J connectivity index is 1.51. The molecular weight excluding hydrogens is 336 g/mol. The van der Waals surface area contributed by atoms with Crippen molar-refractivity contribution in [2.24, 2.45) is 5.10 Å². The minimum absolute atomic E-state index is 0.108. The Morgan fingerprint density at radius 3 is 2.33 bits per heavy atom. The van der Waals surface area contributed by atoms with Crippen LogP contribution in [0.3, 0.4) is 0 Å². The summed E-state index contributed by atoms with van der Waals surface area (Å²) in [5.74, 6) is 0.342. The van der Waals surface area contributed by atoms with E-state index in [0.29, 0.717) is 5.75 Å². The van der Waals surface area contributed by atoms with Gasteiger partial charge in [0.05, 0.1) is 0 Å². The molecule has 4 nitrogen and oxygen atoms in total. The molecule has 0 radical (unpaired) electrons. The fourth-order valence-electron chi connectivity index (χ4n) is 2.49. The molecule has 3 aromatic carbocycles. The predicted octanol–water partition coefficient (Wildman–Crippen LogP) is 4.55. The van der Waals surface area contributed by atoms with E-state index in [1.54, 1.807) is 6.08 Å². The van der Waals surface area contributed by atoms with Gasteiger partial charge in [0.15, 0.2) is 6.61 Å². The van der Waals surface area contributed by atoms with Gasteiger partial charge in [-0.25, -0.2) is 5.43 Å². The molecule has 0 fully saturated rings. The fraction of sp³-hybridized carbons (Fsp3) is 0.0435. The molecule has 134 valence electrons. The lowest BCUT2D eigenvalue weighted by molar-refractivity contribution is -0.123. The van der Waals surface area contributed by atoms with Gasteiger partial charge in [0, 0.05) is 11.8 Å². The van der Waals surface area contributed by atoms with Crippen LogP contribution in [0.15, 0.2) is 96.1 Å². The third-order valence-electron chi connectivity index (χ3n) is 3.77. The van der Waals surface area contributed by atoms with Crippen LogP contribution >= 0.6 is 0 Å². The number of carbonyl (C=O) groups excluding carboxylic acids is 1. The van der Waals surface area contributed by atoms with E-state index in [2.05, 4.69) is 10.5 Å². The summed E-state index contributed by atoms with van der Waals surface area (Å²) in [7, 11) is 0. The largest absolute Gasteiger partial charge is 0.483 e. The van der Waals surface area contributed by atoms with E-state index in [-0.39, 0.29) is 12.5 Å². The van der Waals surface area contributed by atoms with Crippen molar-refractivity contribution in [3.05, 3.63) is 96.6 Å². The molecule has 3 aromatic rings. The number of nitrogens with zero attached hydrogens (tertiary/aromatic N) is 1. The lowest BCUT2D eigenvalue weighted by Crippen LogP contribution is -2.24. The maximum absolute atomic E-state index is 11.9. The summed E-state index contributed by atoms with van der Waals surface area (Å²) in [4.78, 5) is 11.9. The van der Waals surface area contributed by atoms with Crippen LogP contribution in [0.25, 0.3) is 17.2 Å². The molecule has 0 aliphatic rings.